The lowest BCUT2D eigenvalue weighted by Crippen LogP contribution is -2.40. The van der Waals surface area contributed by atoms with Crippen molar-refractivity contribution in [1.82, 2.24) is 5.16 Å². The van der Waals surface area contributed by atoms with Crippen molar-refractivity contribution in [1.29, 1.82) is 0 Å². The molecule has 0 aliphatic carbocycles. The number of carbonyl (C=O) groups excluding carboxylic acids is 1. The van der Waals surface area contributed by atoms with Gasteiger partial charge in [-0.1, -0.05) is 40.6 Å². The van der Waals surface area contributed by atoms with Crippen molar-refractivity contribution in [3.63, 3.8) is 0 Å². The van der Waals surface area contributed by atoms with Crippen LogP contribution in [0.15, 0.2) is 46.1 Å². The number of rotatable bonds is 3. The Morgan fingerprint density at radius 3 is 2.76 bits per heavy atom. The third-order valence-electron chi connectivity index (χ3n) is 3.32. The van der Waals surface area contributed by atoms with Crippen molar-refractivity contribution in [2.24, 2.45) is 5.16 Å². The summed E-state index contributed by atoms with van der Waals surface area (Å²) in [7, 11) is 0. The second kappa shape index (κ2) is 5.05. The first-order valence-electron chi connectivity index (χ1n) is 6.62. The van der Waals surface area contributed by atoms with Crippen LogP contribution in [0.1, 0.15) is 24.7 Å². The molecule has 1 N–H and O–H groups in total. The molecule has 2 heterocycles. The van der Waals surface area contributed by atoms with Gasteiger partial charge >= 0.3 is 0 Å². The number of carbonyl (C=O) groups is 1. The van der Waals surface area contributed by atoms with Crippen LogP contribution in [0.3, 0.4) is 0 Å². The van der Waals surface area contributed by atoms with Crippen LogP contribution >= 0.6 is 0 Å². The molecule has 6 nitrogen and oxygen atoms in total. The Hall–Kier alpha value is -2.63. The first kappa shape index (κ1) is 13.4. The van der Waals surface area contributed by atoms with Crippen LogP contribution in [-0.2, 0) is 9.63 Å². The van der Waals surface area contributed by atoms with Gasteiger partial charge in [-0.3, -0.25) is 4.79 Å². The van der Waals surface area contributed by atoms with E-state index < -0.39 is 5.60 Å². The number of aryl methyl sites for hydroxylation is 1. The number of nitrogens with one attached hydrogen (secondary N) is 1. The zero-order valence-electron chi connectivity index (χ0n) is 11.8. The molecule has 0 radical (unpaired) electrons. The lowest BCUT2D eigenvalue weighted by Gasteiger charge is -2.19. The Labute approximate surface area is 121 Å². The summed E-state index contributed by atoms with van der Waals surface area (Å²) in [6.45, 7) is 3.46. The Morgan fingerprint density at radius 2 is 2.10 bits per heavy atom. The molecular weight excluding hydrogens is 270 g/mol. The molecule has 1 aliphatic rings. The van der Waals surface area contributed by atoms with Crippen molar-refractivity contribution in [2.45, 2.75) is 25.9 Å². The van der Waals surface area contributed by atoms with Gasteiger partial charge in [0, 0.05) is 12.5 Å². The second-order valence-corrected chi connectivity index (χ2v) is 5.18. The molecule has 1 aliphatic heterocycles. The second-order valence-electron chi connectivity index (χ2n) is 5.18. The van der Waals surface area contributed by atoms with Gasteiger partial charge in [-0.2, -0.15) is 0 Å². The van der Waals surface area contributed by atoms with Gasteiger partial charge in [0.05, 0.1) is 5.71 Å². The summed E-state index contributed by atoms with van der Waals surface area (Å²) in [6.07, 6.45) is 0.402. The van der Waals surface area contributed by atoms with Gasteiger partial charge in [-0.05, 0) is 19.4 Å². The number of hydrogen-bond donors (Lipinski definition) is 1. The summed E-state index contributed by atoms with van der Waals surface area (Å²) < 4.78 is 4.92. The lowest BCUT2D eigenvalue weighted by molar-refractivity contribution is -0.136. The van der Waals surface area contributed by atoms with E-state index in [1.54, 1.807) is 19.9 Å². The van der Waals surface area contributed by atoms with Crippen LogP contribution in [0, 0.1) is 6.92 Å². The Bertz CT molecular complexity index is 693. The first-order valence-corrected chi connectivity index (χ1v) is 6.62. The molecule has 2 aromatic rings. The minimum absolute atomic E-state index is 0.300. The standard InChI is InChI=1S/C15H15N3O3/c1-10-8-13(18-20-10)16-14(19)15(2)9-12(17-21-15)11-6-4-3-5-7-11/h3-8H,9H2,1-2H3,(H,16,18,19). The van der Waals surface area contributed by atoms with E-state index in [-0.39, 0.29) is 5.91 Å². The summed E-state index contributed by atoms with van der Waals surface area (Å²) in [6, 6.07) is 11.3. The van der Waals surface area contributed by atoms with E-state index in [0.29, 0.717) is 18.0 Å². The highest BCUT2D eigenvalue weighted by atomic mass is 16.7. The van der Waals surface area contributed by atoms with Crippen molar-refractivity contribution in [2.75, 3.05) is 5.32 Å². The molecule has 1 unspecified atom stereocenters. The quantitative estimate of drug-likeness (QED) is 0.940. The van der Waals surface area contributed by atoms with Crippen LogP contribution in [0.2, 0.25) is 0 Å². The fourth-order valence-electron chi connectivity index (χ4n) is 2.12. The van der Waals surface area contributed by atoms with Gasteiger partial charge in [0.1, 0.15) is 5.76 Å². The molecule has 6 heteroatoms. The molecule has 0 bridgehead atoms. The van der Waals surface area contributed by atoms with E-state index in [4.69, 9.17) is 9.36 Å². The molecule has 1 atom stereocenters. The Balaban J connectivity index is 1.71. The lowest BCUT2D eigenvalue weighted by atomic mass is 9.95. The third-order valence-corrected chi connectivity index (χ3v) is 3.32. The summed E-state index contributed by atoms with van der Waals surface area (Å²) in [4.78, 5) is 17.7. The molecule has 108 valence electrons. The highest BCUT2D eigenvalue weighted by Crippen LogP contribution is 2.28. The molecule has 3 rings (SSSR count). The fraction of sp³-hybridized carbons (Fsp3) is 0.267. The van der Waals surface area contributed by atoms with Crippen LogP contribution in [-0.4, -0.2) is 22.4 Å². The molecule has 1 aromatic heterocycles. The number of anilines is 1. The number of oxime groups is 1. The number of nitrogens with zero attached hydrogens (tertiary/aromatic N) is 2. The van der Waals surface area contributed by atoms with E-state index in [0.717, 1.165) is 11.3 Å². The molecule has 1 amide bonds. The highest BCUT2D eigenvalue weighted by Gasteiger charge is 2.42. The SMILES string of the molecule is Cc1cc(NC(=O)C2(C)CC(c3ccccc3)=NO2)no1. The van der Waals surface area contributed by atoms with Crippen LogP contribution in [0.4, 0.5) is 5.82 Å². The smallest absolute Gasteiger partial charge is 0.272 e. The molecule has 0 saturated carbocycles. The van der Waals surface area contributed by atoms with Crippen LogP contribution in [0.5, 0.6) is 0 Å². The van der Waals surface area contributed by atoms with Gasteiger partial charge in [0.2, 0.25) is 5.60 Å². The Morgan fingerprint density at radius 1 is 1.33 bits per heavy atom. The number of amides is 1. The van der Waals surface area contributed by atoms with Crippen molar-refractivity contribution in [3.8, 4) is 0 Å². The summed E-state index contributed by atoms with van der Waals surface area (Å²) in [5.74, 6) is 0.699. The molecule has 0 saturated heterocycles. The number of hydrogen-bond acceptors (Lipinski definition) is 5. The topological polar surface area (TPSA) is 76.7 Å². The number of aromatic nitrogens is 1. The van der Waals surface area contributed by atoms with Crippen molar-refractivity contribution < 1.29 is 14.2 Å². The predicted octanol–water partition coefficient (Wildman–Crippen LogP) is 2.50. The number of benzene rings is 1. The van der Waals surface area contributed by atoms with Gasteiger partial charge in [0.15, 0.2) is 5.82 Å². The minimum atomic E-state index is -1.04. The monoisotopic (exact) mass is 285 g/mol. The predicted molar refractivity (Wildman–Crippen MR) is 77.0 cm³/mol. The fourth-order valence-corrected chi connectivity index (χ4v) is 2.12. The highest BCUT2D eigenvalue weighted by molar-refractivity contribution is 6.07. The Kier molecular flexibility index (Phi) is 3.21. The average Bonchev–Trinajstić information content (AvgIpc) is 3.07. The maximum Gasteiger partial charge on any atom is 0.272 e. The summed E-state index contributed by atoms with van der Waals surface area (Å²) in [5, 5.41) is 10.4. The summed E-state index contributed by atoms with van der Waals surface area (Å²) in [5.41, 5.74) is 0.661. The van der Waals surface area contributed by atoms with Gasteiger partial charge in [-0.25, -0.2) is 0 Å². The minimum Gasteiger partial charge on any atom is -0.379 e. The molecule has 21 heavy (non-hydrogen) atoms. The van der Waals surface area contributed by atoms with Crippen LogP contribution in [0.25, 0.3) is 0 Å². The zero-order chi connectivity index (χ0) is 14.9. The molecule has 1 aromatic carbocycles. The maximum atomic E-state index is 12.3. The molecule has 0 spiro atoms. The van der Waals surface area contributed by atoms with E-state index in [1.807, 2.05) is 30.3 Å². The van der Waals surface area contributed by atoms with Crippen molar-refractivity contribution >= 4 is 17.4 Å². The normalized spacial score (nSPS) is 20.8. The van der Waals surface area contributed by atoms with Gasteiger partial charge in [-0.15, -0.1) is 0 Å². The van der Waals surface area contributed by atoms with E-state index in [9.17, 15) is 4.79 Å². The maximum absolute atomic E-state index is 12.3. The van der Waals surface area contributed by atoms with E-state index >= 15 is 0 Å². The third kappa shape index (κ3) is 2.65. The van der Waals surface area contributed by atoms with E-state index in [1.165, 1.54) is 0 Å². The average molecular weight is 285 g/mol. The zero-order valence-corrected chi connectivity index (χ0v) is 11.8. The largest absolute Gasteiger partial charge is 0.379 e. The first-order chi connectivity index (χ1) is 10.1. The van der Waals surface area contributed by atoms with Gasteiger partial charge in [0.25, 0.3) is 5.91 Å². The van der Waals surface area contributed by atoms with Crippen molar-refractivity contribution in [3.05, 3.63) is 47.7 Å². The molecule has 0 fully saturated rings. The van der Waals surface area contributed by atoms with Gasteiger partial charge < -0.3 is 14.7 Å². The van der Waals surface area contributed by atoms with E-state index in [2.05, 4.69) is 15.6 Å². The summed E-state index contributed by atoms with van der Waals surface area (Å²) >= 11 is 0. The van der Waals surface area contributed by atoms with Crippen LogP contribution < -0.4 is 5.32 Å². The molecular formula is C15H15N3O3.